The molecule has 0 rings (SSSR count). The molecule has 0 radical (unpaired) electrons. The third-order valence-electron chi connectivity index (χ3n) is 5.62. The van der Waals surface area contributed by atoms with Crippen LogP contribution in [0.5, 0.6) is 0 Å². The first-order chi connectivity index (χ1) is 18.6. The van der Waals surface area contributed by atoms with Gasteiger partial charge in [0.15, 0.2) is 0 Å². The van der Waals surface area contributed by atoms with Crippen molar-refractivity contribution in [3.63, 3.8) is 0 Å². The Balaban J connectivity index is 6.43. The van der Waals surface area contributed by atoms with Gasteiger partial charge < -0.3 is 13.3 Å². The lowest BCUT2D eigenvalue weighted by atomic mass is 9.86. The minimum Gasteiger partial charge on any atom is -0.377 e. The minimum atomic E-state index is -9.17. The number of halogens is 21. The first kappa shape index (κ1) is 42.0. The second-order valence-corrected chi connectivity index (χ2v) is 12.5. The van der Waals surface area contributed by atoms with Gasteiger partial charge in [-0.25, -0.2) is 0 Å². The van der Waals surface area contributed by atoms with Gasteiger partial charge in [-0.15, -0.1) is 0 Å². The summed E-state index contributed by atoms with van der Waals surface area (Å²) >= 11 is 0.143. The molecule has 260 valence electrons. The molecule has 0 aromatic rings. The van der Waals surface area contributed by atoms with Crippen LogP contribution in [0.4, 0.5) is 92.2 Å². The molecular weight excluding hydrogens is 711 g/mol. The molecule has 0 fully saturated rings. The van der Waals surface area contributed by atoms with Crippen molar-refractivity contribution in [3.05, 3.63) is 0 Å². The molecule has 0 aliphatic rings. The van der Waals surface area contributed by atoms with Crippen LogP contribution in [-0.4, -0.2) is 101 Å². The molecule has 0 aromatic carbocycles. The van der Waals surface area contributed by atoms with E-state index >= 15 is 0 Å². The van der Waals surface area contributed by atoms with Crippen LogP contribution in [0.15, 0.2) is 0 Å². The highest BCUT2D eigenvalue weighted by molar-refractivity contribution is 7.99. The normalized spacial score (nSPS) is 16.2. The van der Waals surface area contributed by atoms with Crippen molar-refractivity contribution in [1.29, 1.82) is 0 Å². The standard InChI is InChI=1S/C17H17F21O3SSi/c1-39-43(40-2,41-3)7-6-42-5-4-8(18,19)9(20,21)10(22,23)11(24,25)12(26,27)13(28,29)14(30,31)15(32,33)16(34,35)17(36,37)38/h4-7H2,1-3H3. The molecular formula is C17H17F21O3SSi. The SMILES string of the molecule is CO[Si](CCSCCC(F)(F)C(F)(F)C(F)(F)C(F)(F)C(F)(F)C(F)(F)C(F)(F)C(F)(F)C(F)(F)C(F)(F)F)(OC)OC. The molecule has 0 aliphatic carbocycles. The molecule has 0 bridgehead atoms. The molecule has 0 heterocycles. The molecule has 0 unspecified atom stereocenters. The monoisotopic (exact) mass is 728 g/mol. The summed E-state index contributed by atoms with van der Waals surface area (Å²) in [6.07, 6.45) is -10.7. The molecule has 0 saturated carbocycles. The fourth-order valence-corrected chi connectivity index (χ4v) is 6.10. The van der Waals surface area contributed by atoms with E-state index in [1.807, 2.05) is 0 Å². The van der Waals surface area contributed by atoms with Gasteiger partial charge in [0, 0.05) is 33.8 Å². The number of thioether (sulfide) groups is 1. The second kappa shape index (κ2) is 12.3. The molecule has 26 heteroatoms. The van der Waals surface area contributed by atoms with Crippen LogP contribution in [-0.2, 0) is 13.3 Å². The summed E-state index contributed by atoms with van der Waals surface area (Å²) in [5, 5.41) is 0. The number of hydrogen-bond acceptors (Lipinski definition) is 4. The van der Waals surface area contributed by atoms with Crippen molar-refractivity contribution in [3.8, 4) is 0 Å². The Kier molecular flexibility index (Phi) is 12.0. The fourth-order valence-electron chi connectivity index (χ4n) is 2.80. The van der Waals surface area contributed by atoms with E-state index in [2.05, 4.69) is 0 Å². The second-order valence-electron chi connectivity index (χ2n) is 8.21. The number of rotatable bonds is 17. The van der Waals surface area contributed by atoms with E-state index in [1.54, 1.807) is 0 Å². The molecule has 0 aromatic heterocycles. The van der Waals surface area contributed by atoms with E-state index in [0.29, 0.717) is 0 Å². The van der Waals surface area contributed by atoms with Crippen molar-refractivity contribution in [2.45, 2.75) is 71.9 Å². The summed E-state index contributed by atoms with van der Waals surface area (Å²) in [4.78, 5) is 0. The lowest BCUT2D eigenvalue weighted by molar-refractivity contribution is -0.474. The Morgan fingerprint density at radius 1 is 0.419 bits per heavy atom. The Bertz CT molecular complexity index is 926. The smallest absolute Gasteiger partial charge is 0.377 e. The third kappa shape index (κ3) is 6.35. The van der Waals surface area contributed by atoms with Gasteiger partial charge in [-0.3, -0.25) is 0 Å². The number of alkyl halides is 21. The Morgan fingerprint density at radius 3 is 0.977 bits per heavy atom. The van der Waals surface area contributed by atoms with E-state index in [9.17, 15) is 92.2 Å². The lowest BCUT2D eigenvalue weighted by Crippen LogP contribution is -2.76. The molecule has 0 aliphatic heterocycles. The zero-order valence-electron chi connectivity index (χ0n) is 20.9. The summed E-state index contributed by atoms with van der Waals surface area (Å²) in [6.45, 7) is 0. The van der Waals surface area contributed by atoms with Gasteiger partial charge in [0.05, 0.1) is 0 Å². The topological polar surface area (TPSA) is 27.7 Å². The van der Waals surface area contributed by atoms with Gasteiger partial charge in [0.2, 0.25) is 0 Å². The van der Waals surface area contributed by atoms with Crippen LogP contribution >= 0.6 is 11.8 Å². The predicted molar refractivity (Wildman–Crippen MR) is 104 cm³/mol. The van der Waals surface area contributed by atoms with E-state index < -0.39 is 86.2 Å². The van der Waals surface area contributed by atoms with Crippen LogP contribution in [0.1, 0.15) is 6.42 Å². The van der Waals surface area contributed by atoms with Crippen molar-refractivity contribution >= 4 is 20.6 Å². The van der Waals surface area contributed by atoms with Crippen LogP contribution in [0, 0.1) is 0 Å². The van der Waals surface area contributed by atoms with Crippen LogP contribution in [0.2, 0.25) is 6.04 Å². The molecule has 0 spiro atoms. The van der Waals surface area contributed by atoms with Gasteiger partial charge in [-0.05, 0) is 11.5 Å². The van der Waals surface area contributed by atoms with Crippen molar-refractivity contribution < 1.29 is 105 Å². The maximum absolute atomic E-state index is 13.9. The fraction of sp³-hybridized carbons (Fsp3) is 1.00. The van der Waals surface area contributed by atoms with E-state index in [-0.39, 0.29) is 17.8 Å². The quantitative estimate of drug-likeness (QED) is 0.0857. The summed E-state index contributed by atoms with van der Waals surface area (Å²) in [7, 11) is -0.327. The van der Waals surface area contributed by atoms with Gasteiger partial charge in [-0.2, -0.15) is 104 Å². The third-order valence-corrected chi connectivity index (χ3v) is 9.70. The first-order valence-corrected chi connectivity index (χ1v) is 13.4. The average molecular weight is 728 g/mol. The van der Waals surface area contributed by atoms with Crippen molar-refractivity contribution in [2.75, 3.05) is 32.8 Å². The van der Waals surface area contributed by atoms with E-state index in [1.165, 1.54) is 0 Å². The zero-order chi connectivity index (χ0) is 35.2. The lowest BCUT2D eigenvalue weighted by Gasteiger charge is -2.44. The van der Waals surface area contributed by atoms with Gasteiger partial charge in [0.1, 0.15) is 0 Å². The maximum atomic E-state index is 13.9. The largest absolute Gasteiger partial charge is 0.500 e. The summed E-state index contributed by atoms with van der Waals surface area (Å²) < 4.78 is 295. The molecule has 43 heavy (non-hydrogen) atoms. The zero-order valence-corrected chi connectivity index (χ0v) is 22.7. The van der Waals surface area contributed by atoms with Crippen LogP contribution in [0.3, 0.4) is 0 Å². The maximum Gasteiger partial charge on any atom is 0.500 e. The highest BCUT2D eigenvalue weighted by Gasteiger charge is 2.97. The summed E-state index contributed by atoms with van der Waals surface area (Å²) in [5.41, 5.74) is 0. The van der Waals surface area contributed by atoms with Gasteiger partial charge >= 0.3 is 68.3 Å². The molecule has 0 atom stereocenters. The predicted octanol–water partition coefficient (Wildman–Crippen LogP) is 8.27. The number of hydrogen-bond donors (Lipinski definition) is 0. The van der Waals surface area contributed by atoms with Crippen molar-refractivity contribution in [2.24, 2.45) is 0 Å². The Hall–Kier alpha value is -1.02. The molecule has 3 nitrogen and oxygen atoms in total. The van der Waals surface area contributed by atoms with Crippen LogP contribution < -0.4 is 0 Å². The van der Waals surface area contributed by atoms with Crippen molar-refractivity contribution in [1.82, 2.24) is 0 Å². The molecule has 0 amide bonds. The molecule has 0 saturated heterocycles. The minimum absolute atomic E-state index is 0.143. The highest BCUT2D eigenvalue weighted by Crippen LogP contribution is 2.66. The average Bonchev–Trinajstić information content (AvgIpc) is 2.84. The van der Waals surface area contributed by atoms with Gasteiger partial charge in [-0.1, -0.05) is 0 Å². The summed E-state index contributed by atoms with van der Waals surface area (Å²) in [5.74, 6) is -78.7. The molecule has 0 N–H and O–H groups in total. The highest BCUT2D eigenvalue weighted by atomic mass is 32.2. The van der Waals surface area contributed by atoms with Crippen LogP contribution in [0.25, 0.3) is 0 Å². The summed E-state index contributed by atoms with van der Waals surface area (Å²) in [6, 6.07) is -0.301. The Morgan fingerprint density at radius 2 is 0.698 bits per heavy atom. The first-order valence-electron chi connectivity index (χ1n) is 10.3. The van der Waals surface area contributed by atoms with E-state index in [4.69, 9.17) is 13.3 Å². The Labute approximate surface area is 231 Å². The van der Waals surface area contributed by atoms with E-state index in [0.717, 1.165) is 21.3 Å². The van der Waals surface area contributed by atoms with Gasteiger partial charge in [0.25, 0.3) is 0 Å².